The lowest BCUT2D eigenvalue weighted by Crippen LogP contribution is -2.41. The van der Waals surface area contributed by atoms with Crippen LogP contribution in [0.2, 0.25) is 0 Å². The molecule has 0 aliphatic rings. The van der Waals surface area contributed by atoms with Gasteiger partial charge in [0.2, 0.25) is 0 Å². The van der Waals surface area contributed by atoms with Gasteiger partial charge in [-0.3, -0.25) is 4.99 Å². The summed E-state index contributed by atoms with van der Waals surface area (Å²) in [6.45, 7) is 4.73. The number of guanidine groups is 1. The first-order chi connectivity index (χ1) is 5.74. The molecule has 0 radical (unpaired) electrons. The molecular weight excluding hydrogens is 150 g/mol. The highest BCUT2D eigenvalue weighted by atomic mass is 15.2. The topological polar surface area (TPSA) is 36.4 Å². The normalized spacial score (nSPS) is 13.3. The van der Waals surface area contributed by atoms with E-state index in [0.29, 0.717) is 12.6 Å². The van der Waals surface area contributed by atoms with E-state index in [1.165, 1.54) is 0 Å². The number of nitrogens with one attached hydrogen (secondary N) is 2. The molecule has 0 aliphatic heterocycles. The summed E-state index contributed by atoms with van der Waals surface area (Å²) in [5, 5.41) is 6.18. The highest BCUT2D eigenvalue weighted by molar-refractivity contribution is 5.80. The summed E-state index contributed by atoms with van der Waals surface area (Å²) in [5.41, 5.74) is 0. The molecule has 12 heavy (non-hydrogen) atoms. The quantitative estimate of drug-likeness (QED) is 0.366. The van der Waals surface area contributed by atoms with Crippen LogP contribution in [0.25, 0.3) is 0 Å². The molecule has 1 unspecified atom stereocenters. The van der Waals surface area contributed by atoms with Crippen LogP contribution in [0.1, 0.15) is 20.3 Å². The zero-order chi connectivity index (χ0) is 9.40. The Labute approximate surface area is 74.7 Å². The van der Waals surface area contributed by atoms with Crippen molar-refractivity contribution in [3.63, 3.8) is 0 Å². The van der Waals surface area contributed by atoms with Crippen molar-refractivity contribution >= 4 is 5.96 Å². The third kappa shape index (κ3) is 4.62. The average Bonchev–Trinajstić information content (AvgIpc) is 2.11. The molecule has 0 aromatic carbocycles. The van der Waals surface area contributed by atoms with Gasteiger partial charge in [0.05, 0.1) is 6.54 Å². The number of hydrogen-bond donors (Lipinski definition) is 2. The van der Waals surface area contributed by atoms with Gasteiger partial charge < -0.3 is 10.6 Å². The maximum absolute atomic E-state index is 5.10. The SMILES string of the molecule is C#CCNC(=NC)NC(C)CC. The predicted octanol–water partition coefficient (Wildman–Crippen LogP) is 0.583. The first kappa shape index (κ1) is 10.8. The molecule has 0 saturated carbocycles. The minimum atomic E-state index is 0.425. The maximum atomic E-state index is 5.10. The van der Waals surface area contributed by atoms with E-state index in [-0.39, 0.29) is 0 Å². The van der Waals surface area contributed by atoms with Crippen molar-refractivity contribution < 1.29 is 0 Å². The number of aliphatic imine (C=N–C) groups is 1. The average molecular weight is 167 g/mol. The van der Waals surface area contributed by atoms with Gasteiger partial charge in [0.25, 0.3) is 0 Å². The zero-order valence-corrected chi connectivity index (χ0v) is 8.02. The van der Waals surface area contributed by atoms with E-state index in [4.69, 9.17) is 6.42 Å². The number of hydrogen-bond acceptors (Lipinski definition) is 1. The lowest BCUT2D eigenvalue weighted by Gasteiger charge is -2.14. The standard InChI is InChI=1S/C9H17N3/c1-5-7-11-9(10-4)12-8(3)6-2/h1,8H,6-7H2,2-4H3,(H2,10,11,12). The molecule has 0 rings (SSSR count). The molecule has 68 valence electrons. The van der Waals surface area contributed by atoms with Crippen LogP contribution in [-0.2, 0) is 0 Å². The molecule has 0 fully saturated rings. The van der Waals surface area contributed by atoms with E-state index >= 15 is 0 Å². The molecule has 3 heteroatoms. The Hall–Kier alpha value is -1.17. The van der Waals surface area contributed by atoms with Crippen LogP contribution >= 0.6 is 0 Å². The van der Waals surface area contributed by atoms with Crippen molar-refractivity contribution in [2.24, 2.45) is 4.99 Å². The van der Waals surface area contributed by atoms with Crippen molar-refractivity contribution in [1.82, 2.24) is 10.6 Å². The third-order valence-corrected chi connectivity index (χ3v) is 1.58. The third-order valence-electron chi connectivity index (χ3n) is 1.58. The van der Waals surface area contributed by atoms with Crippen LogP contribution in [0, 0.1) is 12.3 Å². The van der Waals surface area contributed by atoms with E-state index in [0.717, 1.165) is 12.4 Å². The zero-order valence-electron chi connectivity index (χ0n) is 8.02. The molecule has 0 amide bonds. The summed E-state index contributed by atoms with van der Waals surface area (Å²) in [5.74, 6) is 3.26. The van der Waals surface area contributed by atoms with Crippen LogP contribution in [0.4, 0.5) is 0 Å². The Morgan fingerprint density at radius 2 is 2.33 bits per heavy atom. The lowest BCUT2D eigenvalue weighted by molar-refractivity contribution is 0.629. The fourth-order valence-electron chi connectivity index (χ4n) is 0.665. The highest BCUT2D eigenvalue weighted by Gasteiger charge is 1.99. The molecule has 0 aromatic rings. The molecule has 0 aromatic heterocycles. The Bertz CT molecular complexity index is 179. The minimum Gasteiger partial charge on any atom is -0.354 e. The largest absolute Gasteiger partial charge is 0.354 e. The van der Waals surface area contributed by atoms with Crippen molar-refractivity contribution in [2.75, 3.05) is 13.6 Å². The number of terminal acetylenes is 1. The summed E-state index contributed by atoms with van der Waals surface area (Å²) < 4.78 is 0. The van der Waals surface area contributed by atoms with E-state index < -0.39 is 0 Å². The molecular formula is C9H17N3. The Kier molecular flexibility index (Phi) is 5.90. The number of nitrogens with zero attached hydrogens (tertiary/aromatic N) is 1. The molecule has 0 saturated heterocycles. The first-order valence-electron chi connectivity index (χ1n) is 4.15. The molecule has 0 aliphatic carbocycles. The number of rotatable bonds is 3. The van der Waals surface area contributed by atoms with Crippen molar-refractivity contribution in [2.45, 2.75) is 26.3 Å². The van der Waals surface area contributed by atoms with Crippen LogP contribution in [0.5, 0.6) is 0 Å². The molecule has 0 spiro atoms. The van der Waals surface area contributed by atoms with Gasteiger partial charge in [-0.2, -0.15) is 0 Å². The molecule has 0 heterocycles. The fraction of sp³-hybridized carbons (Fsp3) is 0.667. The van der Waals surface area contributed by atoms with Crippen molar-refractivity contribution in [1.29, 1.82) is 0 Å². The fourth-order valence-corrected chi connectivity index (χ4v) is 0.665. The summed E-state index contributed by atoms with van der Waals surface area (Å²) in [6, 6.07) is 0.425. The van der Waals surface area contributed by atoms with Crippen LogP contribution < -0.4 is 10.6 Å². The van der Waals surface area contributed by atoms with Crippen LogP contribution in [-0.4, -0.2) is 25.6 Å². The van der Waals surface area contributed by atoms with Crippen LogP contribution in [0.15, 0.2) is 4.99 Å². The second-order valence-corrected chi connectivity index (χ2v) is 2.58. The molecule has 3 nitrogen and oxygen atoms in total. The minimum absolute atomic E-state index is 0.425. The van der Waals surface area contributed by atoms with Gasteiger partial charge in [-0.05, 0) is 13.3 Å². The Morgan fingerprint density at radius 1 is 1.67 bits per heavy atom. The summed E-state index contributed by atoms with van der Waals surface area (Å²) in [7, 11) is 1.73. The van der Waals surface area contributed by atoms with Gasteiger partial charge in [-0.15, -0.1) is 6.42 Å². The van der Waals surface area contributed by atoms with E-state index in [1.807, 2.05) is 0 Å². The van der Waals surface area contributed by atoms with Gasteiger partial charge >= 0.3 is 0 Å². The van der Waals surface area contributed by atoms with E-state index in [1.54, 1.807) is 7.05 Å². The molecule has 0 bridgehead atoms. The Morgan fingerprint density at radius 3 is 2.75 bits per heavy atom. The summed E-state index contributed by atoms with van der Waals surface area (Å²) in [6.07, 6.45) is 6.17. The monoisotopic (exact) mass is 167 g/mol. The van der Waals surface area contributed by atoms with Crippen molar-refractivity contribution in [3.8, 4) is 12.3 Å². The first-order valence-corrected chi connectivity index (χ1v) is 4.15. The Balaban J connectivity index is 3.78. The smallest absolute Gasteiger partial charge is 0.191 e. The van der Waals surface area contributed by atoms with E-state index in [2.05, 4.69) is 35.4 Å². The van der Waals surface area contributed by atoms with Gasteiger partial charge in [0, 0.05) is 13.1 Å². The molecule has 1 atom stereocenters. The summed E-state index contributed by atoms with van der Waals surface area (Å²) >= 11 is 0. The molecule has 2 N–H and O–H groups in total. The predicted molar refractivity (Wildman–Crippen MR) is 53.1 cm³/mol. The van der Waals surface area contributed by atoms with Crippen LogP contribution in [0.3, 0.4) is 0 Å². The highest BCUT2D eigenvalue weighted by Crippen LogP contribution is 1.86. The van der Waals surface area contributed by atoms with Gasteiger partial charge in [-0.1, -0.05) is 12.8 Å². The van der Waals surface area contributed by atoms with E-state index in [9.17, 15) is 0 Å². The maximum Gasteiger partial charge on any atom is 0.191 e. The second-order valence-electron chi connectivity index (χ2n) is 2.58. The van der Waals surface area contributed by atoms with Gasteiger partial charge in [0.1, 0.15) is 0 Å². The van der Waals surface area contributed by atoms with Crippen molar-refractivity contribution in [3.05, 3.63) is 0 Å². The van der Waals surface area contributed by atoms with Gasteiger partial charge in [-0.25, -0.2) is 0 Å². The van der Waals surface area contributed by atoms with Gasteiger partial charge in [0.15, 0.2) is 5.96 Å². The second kappa shape index (κ2) is 6.53. The lowest BCUT2D eigenvalue weighted by atomic mass is 10.3. The summed E-state index contributed by atoms with van der Waals surface area (Å²) in [4.78, 5) is 4.01.